The lowest BCUT2D eigenvalue weighted by Gasteiger charge is -2.59. The van der Waals surface area contributed by atoms with Crippen molar-refractivity contribution in [3.05, 3.63) is 51.4 Å². The van der Waals surface area contributed by atoms with Gasteiger partial charge in [-0.1, -0.05) is 81.1 Å². The number of ketones is 2. The molecule has 58 heavy (non-hydrogen) atoms. The van der Waals surface area contributed by atoms with Crippen molar-refractivity contribution in [1.29, 1.82) is 0 Å². The Hall–Kier alpha value is -3.82. The minimum atomic E-state index is -0.264. The Morgan fingerprint density at radius 3 is 1.22 bits per heavy atom. The minimum absolute atomic E-state index is 0.0848. The van der Waals surface area contributed by atoms with Crippen molar-refractivity contribution in [2.75, 3.05) is 13.2 Å². The summed E-state index contributed by atoms with van der Waals surface area (Å²) < 4.78 is 0. The molecule has 0 heterocycles. The number of fused-ring (bicyclic) bond motifs is 4. The highest BCUT2D eigenvalue weighted by Gasteiger charge is 2.60. The maximum absolute atomic E-state index is 12.7. The largest absolute Gasteiger partial charge is 0.508 e. The van der Waals surface area contributed by atoms with Gasteiger partial charge in [-0.15, -0.1) is 0 Å². The fourth-order valence-electron chi connectivity index (χ4n) is 11.4. The van der Waals surface area contributed by atoms with E-state index >= 15 is 0 Å². The molecule has 6 saturated carbocycles. The van der Waals surface area contributed by atoms with E-state index in [9.17, 15) is 34.9 Å². The normalized spacial score (nSPS) is 25.8. The lowest BCUT2D eigenvalue weighted by atomic mass is 9.44. The summed E-state index contributed by atoms with van der Waals surface area (Å²) >= 11 is 0. The molecule has 6 atom stereocenters. The first-order chi connectivity index (χ1) is 27.2. The van der Waals surface area contributed by atoms with Crippen molar-refractivity contribution in [2.45, 2.75) is 168 Å². The lowest BCUT2D eigenvalue weighted by Crippen LogP contribution is -2.56. The van der Waals surface area contributed by atoms with E-state index in [2.05, 4.69) is 55.4 Å². The van der Waals surface area contributed by atoms with Crippen LogP contribution in [0.3, 0.4) is 0 Å². The van der Waals surface area contributed by atoms with Gasteiger partial charge >= 0.3 is 5.09 Å². The first-order valence-corrected chi connectivity index (χ1v) is 22.1. The van der Waals surface area contributed by atoms with Gasteiger partial charge in [-0.05, 0) is 120 Å². The van der Waals surface area contributed by atoms with E-state index in [0.29, 0.717) is 24.0 Å². The number of carbonyl (C=O) groups is 2. The number of carbonyl (C=O) groups excluding carboxylic acids is 2. The molecule has 6 aliphatic carbocycles. The number of unbranched alkanes of at least 4 members (excludes halogenated alkanes) is 6. The standard InChI is InChI=1S/C48H69NO9/c1-45(2,29-21-39(52)43(40(53)22-29)31-25-37(50)35-27-33(31)47(35,5)6)17-13-9-11-15-19-57-49(56)58-20-16-12-10-14-18-46(3,4)30-23-41(54)44(42(55)24-30)32-26-38(51)36-28-34(32)48(36,7)8/h21-24,31-36H,9-20,25-28H2,1-8H3,(H3-,52,53,54,55)/p+1/t31-,32-,33+,34+,35+,36+/m0/s1. The highest BCUT2D eigenvalue weighted by Crippen LogP contribution is 2.65. The SMILES string of the molecule is CC(C)(CCCCCCO[N+](=O)OCCCCCCC(C)(C)c1cc(O)c([C@H]2CC(=O)[C@H]3C[C@H]2C3(C)C)c(O)c1)c1cc(O)c([C@H]2CC(=O)[C@H]3C[C@H]2C3(C)C)c(O)c1. The second kappa shape index (κ2) is 16.7. The first kappa shape index (κ1) is 43.8. The highest BCUT2D eigenvalue weighted by atomic mass is 17.0. The smallest absolute Gasteiger partial charge is 0.477 e. The first-order valence-electron chi connectivity index (χ1n) is 22.1. The molecule has 8 rings (SSSR count). The zero-order chi connectivity index (χ0) is 42.4. The zero-order valence-electron chi connectivity index (χ0n) is 36.4. The van der Waals surface area contributed by atoms with Crippen molar-refractivity contribution >= 4 is 11.6 Å². The number of hydrogen-bond acceptors (Lipinski definition) is 9. The van der Waals surface area contributed by atoms with Crippen LogP contribution >= 0.6 is 0 Å². The molecule has 2 aromatic rings. The number of phenolic OH excluding ortho intramolecular Hbond substituents is 4. The van der Waals surface area contributed by atoms with Gasteiger partial charge in [0.1, 0.15) is 39.5 Å². The van der Waals surface area contributed by atoms with Gasteiger partial charge in [0.25, 0.3) is 0 Å². The van der Waals surface area contributed by atoms with Crippen LogP contribution in [0, 0.1) is 39.4 Å². The van der Waals surface area contributed by atoms with Crippen molar-refractivity contribution in [3.63, 3.8) is 0 Å². The Kier molecular flexibility index (Phi) is 12.6. The van der Waals surface area contributed by atoms with E-state index in [1.54, 1.807) is 24.3 Å². The predicted octanol–water partition coefficient (Wildman–Crippen LogP) is 10.7. The minimum Gasteiger partial charge on any atom is -0.508 e. The van der Waals surface area contributed by atoms with Gasteiger partial charge in [-0.25, -0.2) is 0 Å². The molecule has 0 amide bonds. The van der Waals surface area contributed by atoms with Crippen LogP contribution in [0.5, 0.6) is 23.0 Å². The summed E-state index contributed by atoms with van der Waals surface area (Å²) in [6, 6.07) is 7.11. The molecule has 6 aliphatic rings. The Morgan fingerprint density at radius 1 is 0.586 bits per heavy atom. The molecule has 320 valence electrons. The molecule has 4 bridgehead atoms. The van der Waals surface area contributed by atoms with Crippen LogP contribution < -0.4 is 0 Å². The van der Waals surface area contributed by atoms with Crippen LogP contribution in [-0.2, 0) is 30.1 Å². The summed E-state index contributed by atoms with van der Waals surface area (Å²) in [5, 5.41) is 44.6. The number of Topliss-reactive ketones (excluding diaryl/α,β-unsaturated/α-hetero) is 2. The fraction of sp³-hybridized carbons (Fsp3) is 0.708. The van der Waals surface area contributed by atoms with E-state index < -0.39 is 0 Å². The van der Waals surface area contributed by atoms with Crippen molar-refractivity contribution in [1.82, 2.24) is 0 Å². The van der Waals surface area contributed by atoms with Gasteiger partial charge in [0.2, 0.25) is 0 Å². The molecule has 0 aliphatic heterocycles. The molecule has 6 fully saturated rings. The van der Waals surface area contributed by atoms with Crippen LogP contribution in [0.2, 0.25) is 0 Å². The molecule has 0 radical (unpaired) electrons. The van der Waals surface area contributed by atoms with Gasteiger partial charge in [0, 0.05) is 47.6 Å². The predicted molar refractivity (Wildman–Crippen MR) is 223 cm³/mol. The maximum Gasteiger partial charge on any atom is 0.477 e. The Labute approximate surface area is 345 Å². The number of phenols is 4. The molecule has 10 heteroatoms. The van der Waals surface area contributed by atoms with Crippen LogP contribution in [0.25, 0.3) is 0 Å². The molecular weight excluding hydrogens is 735 g/mol. The van der Waals surface area contributed by atoms with E-state index in [4.69, 9.17) is 9.68 Å². The van der Waals surface area contributed by atoms with Crippen molar-refractivity contribution < 1.29 is 44.8 Å². The third-order valence-electron chi connectivity index (χ3n) is 15.6. The molecule has 0 spiro atoms. The second-order valence-corrected chi connectivity index (χ2v) is 20.8. The highest BCUT2D eigenvalue weighted by molar-refractivity contribution is 5.87. The number of aromatic hydroxyl groups is 4. The Morgan fingerprint density at radius 2 is 0.914 bits per heavy atom. The van der Waals surface area contributed by atoms with Crippen LogP contribution in [0.4, 0.5) is 0 Å². The lowest BCUT2D eigenvalue weighted by molar-refractivity contribution is -0.981. The monoisotopic (exact) mass is 805 g/mol. The Bertz CT molecular complexity index is 1680. The summed E-state index contributed by atoms with van der Waals surface area (Å²) in [4.78, 5) is 47.9. The number of nitrogens with zero attached hydrogens (tertiary/aromatic N) is 1. The van der Waals surface area contributed by atoms with Gasteiger partial charge in [0.05, 0.1) is 0 Å². The van der Waals surface area contributed by atoms with Gasteiger partial charge in [-0.2, -0.15) is 9.68 Å². The zero-order valence-corrected chi connectivity index (χ0v) is 36.4. The second-order valence-electron chi connectivity index (χ2n) is 20.8. The van der Waals surface area contributed by atoms with Gasteiger partial charge in [0.15, 0.2) is 13.2 Å². The summed E-state index contributed by atoms with van der Waals surface area (Å²) in [7, 11) is 0. The Balaban J connectivity index is 0.823. The number of rotatable bonds is 20. The average molecular weight is 805 g/mol. The van der Waals surface area contributed by atoms with Crippen LogP contribution in [0.15, 0.2) is 24.3 Å². The third kappa shape index (κ3) is 8.58. The molecule has 0 aromatic heterocycles. The summed E-state index contributed by atoms with van der Waals surface area (Å²) in [6.07, 6.45) is 11.2. The van der Waals surface area contributed by atoms with E-state index in [1.165, 1.54) is 0 Å². The maximum atomic E-state index is 12.7. The summed E-state index contributed by atoms with van der Waals surface area (Å²) in [6.45, 7) is 17.5. The topological polar surface area (TPSA) is 154 Å². The van der Waals surface area contributed by atoms with Gasteiger partial charge < -0.3 is 20.4 Å². The average Bonchev–Trinajstić information content (AvgIpc) is 3.12. The fourth-order valence-corrected chi connectivity index (χ4v) is 11.4. The van der Waals surface area contributed by atoms with Crippen LogP contribution in [-0.4, -0.2) is 50.3 Å². The van der Waals surface area contributed by atoms with Crippen molar-refractivity contribution in [3.8, 4) is 23.0 Å². The van der Waals surface area contributed by atoms with Crippen LogP contribution in [0.1, 0.15) is 179 Å². The molecule has 10 nitrogen and oxygen atoms in total. The molecule has 4 N–H and O–H groups in total. The molecular formula is C48H70NO9+. The summed E-state index contributed by atoms with van der Waals surface area (Å²) in [5.41, 5.74) is 2.08. The summed E-state index contributed by atoms with van der Waals surface area (Å²) in [5.74, 6) is 1.27. The van der Waals surface area contributed by atoms with Crippen molar-refractivity contribution in [2.24, 2.45) is 34.5 Å². The van der Waals surface area contributed by atoms with E-state index in [1.807, 2.05) is 0 Å². The molecule has 0 saturated heterocycles. The third-order valence-corrected chi connectivity index (χ3v) is 15.6. The molecule has 2 aromatic carbocycles. The van der Waals surface area contributed by atoms with E-state index in [-0.39, 0.29) is 110 Å². The quantitative estimate of drug-likeness (QED) is 0.0756. The number of benzene rings is 2. The van der Waals surface area contributed by atoms with Gasteiger partial charge in [-0.3, -0.25) is 9.59 Å². The molecule has 0 unspecified atom stereocenters. The number of hydrogen-bond donors (Lipinski definition) is 4. The van der Waals surface area contributed by atoms with E-state index in [0.717, 1.165) is 88.2 Å².